The maximum atomic E-state index is 5.75. The molecule has 5 nitrogen and oxygen atoms in total. The SMILES string of the molecule is CCCNc1cc(N2CCOC(CC)C2)nc(CCC)n1. The van der Waals surface area contributed by atoms with Gasteiger partial charge in [-0.05, 0) is 19.3 Å². The molecule has 5 heteroatoms. The molecule has 0 bridgehead atoms. The fourth-order valence-electron chi connectivity index (χ4n) is 2.50. The van der Waals surface area contributed by atoms with Gasteiger partial charge in [0.05, 0.1) is 12.7 Å². The molecule has 1 atom stereocenters. The molecule has 2 heterocycles. The van der Waals surface area contributed by atoms with E-state index in [0.717, 1.165) is 69.4 Å². The standard InChI is InChI=1S/C16H28N4O/c1-4-7-14-18-15(17-8-5-2)11-16(19-14)20-9-10-21-13(6-3)12-20/h11,13H,4-10,12H2,1-3H3,(H,17,18,19). The number of ether oxygens (including phenoxy) is 1. The quantitative estimate of drug-likeness (QED) is 0.837. The average Bonchev–Trinajstić information content (AvgIpc) is 2.53. The molecular weight excluding hydrogens is 264 g/mol. The first-order chi connectivity index (χ1) is 10.3. The second kappa shape index (κ2) is 8.17. The van der Waals surface area contributed by atoms with E-state index in [4.69, 9.17) is 9.72 Å². The third-order valence-electron chi connectivity index (χ3n) is 3.71. The Hall–Kier alpha value is -1.36. The number of rotatable bonds is 7. The summed E-state index contributed by atoms with van der Waals surface area (Å²) >= 11 is 0. The summed E-state index contributed by atoms with van der Waals surface area (Å²) in [5.74, 6) is 2.92. The van der Waals surface area contributed by atoms with Gasteiger partial charge in [0.25, 0.3) is 0 Å². The van der Waals surface area contributed by atoms with Crippen molar-refractivity contribution < 1.29 is 4.74 Å². The van der Waals surface area contributed by atoms with Crippen molar-refractivity contribution in [3.05, 3.63) is 11.9 Å². The molecule has 1 N–H and O–H groups in total. The number of hydrogen-bond acceptors (Lipinski definition) is 5. The van der Waals surface area contributed by atoms with Gasteiger partial charge in [-0.1, -0.05) is 20.8 Å². The third-order valence-corrected chi connectivity index (χ3v) is 3.71. The summed E-state index contributed by atoms with van der Waals surface area (Å²) in [4.78, 5) is 11.7. The predicted molar refractivity (Wildman–Crippen MR) is 87.1 cm³/mol. The first kappa shape index (κ1) is 16.0. The lowest BCUT2D eigenvalue weighted by Crippen LogP contribution is -2.42. The van der Waals surface area contributed by atoms with Crippen molar-refractivity contribution in [2.24, 2.45) is 0 Å². The van der Waals surface area contributed by atoms with Gasteiger partial charge in [0.1, 0.15) is 17.5 Å². The number of nitrogens with zero attached hydrogens (tertiary/aromatic N) is 3. The van der Waals surface area contributed by atoms with Gasteiger partial charge in [0.15, 0.2) is 0 Å². The minimum absolute atomic E-state index is 0.315. The summed E-state index contributed by atoms with van der Waals surface area (Å²) in [5.41, 5.74) is 0. The molecule has 0 amide bonds. The summed E-state index contributed by atoms with van der Waals surface area (Å²) in [7, 11) is 0. The summed E-state index contributed by atoms with van der Waals surface area (Å²) in [6.45, 7) is 10.1. The van der Waals surface area contributed by atoms with Crippen LogP contribution in [0.2, 0.25) is 0 Å². The number of aromatic nitrogens is 2. The van der Waals surface area contributed by atoms with Crippen molar-refractivity contribution in [3.63, 3.8) is 0 Å². The zero-order chi connectivity index (χ0) is 15.1. The molecular formula is C16H28N4O. The van der Waals surface area contributed by atoms with E-state index >= 15 is 0 Å². The Morgan fingerprint density at radius 2 is 2.14 bits per heavy atom. The molecule has 1 aromatic heterocycles. The molecule has 0 saturated carbocycles. The minimum atomic E-state index is 0.315. The maximum absolute atomic E-state index is 5.75. The van der Waals surface area contributed by atoms with Crippen molar-refractivity contribution in [3.8, 4) is 0 Å². The van der Waals surface area contributed by atoms with E-state index in [2.05, 4.69) is 42.0 Å². The highest BCUT2D eigenvalue weighted by Gasteiger charge is 2.21. The molecule has 1 aliphatic heterocycles. The zero-order valence-electron chi connectivity index (χ0n) is 13.6. The first-order valence-electron chi connectivity index (χ1n) is 8.25. The van der Waals surface area contributed by atoms with E-state index in [1.54, 1.807) is 0 Å². The van der Waals surface area contributed by atoms with Gasteiger partial charge < -0.3 is 15.0 Å². The monoisotopic (exact) mass is 292 g/mol. The van der Waals surface area contributed by atoms with Crippen LogP contribution >= 0.6 is 0 Å². The van der Waals surface area contributed by atoms with Gasteiger partial charge in [-0.3, -0.25) is 0 Å². The van der Waals surface area contributed by atoms with Crippen LogP contribution in [0.5, 0.6) is 0 Å². The number of hydrogen-bond donors (Lipinski definition) is 1. The Morgan fingerprint density at radius 1 is 1.29 bits per heavy atom. The Kier molecular flexibility index (Phi) is 6.23. The van der Waals surface area contributed by atoms with Crippen LogP contribution in [0.1, 0.15) is 45.9 Å². The normalized spacial score (nSPS) is 18.8. The van der Waals surface area contributed by atoms with Crippen LogP contribution in [-0.4, -0.2) is 42.3 Å². The molecule has 1 aromatic rings. The van der Waals surface area contributed by atoms with E-state index in [0.29, 0.717) is 6.10 Å². The van der Waals surface area contributed by atoms with E-state index in [1.165, 1.54) is 0 Å². The second-order valence-electron chi connectivity index (χ2n) is 5.55. The van der Waals surface area contributed by atoms with Crippen LogP contribution in [0, 0.1) is 0 Å². The van der Waals surface area contributed by atoms with E-state index < -0.39 is 0 Å². The highest BCUT2D eigenvalue weighted by molar-refractivity contribution is 5.49. The smallest absolute Gasteiger partial charge is 0.134 e. The number of nitrogens with one attached hydrogen (secondary N) is 1. The van der Waals surface area contributed by atoms with Crippen molar-refractivity contribution in [2.45, 2.75) is 52.6 Å². The molecule has 1 unspecified atom stereocenters. The van der Waals surface area contributed by atoms with Crippen molar-refractivity contribution in [1.29, 1.82) is 0 Å². The second-order valence-corrected chi connectivity index (χ2v) is 5.55. The molecule has 1 saturated heterocycles. The van der Waals surface area contributed by atoms with Gasteiger partial charge in [-0.2, -0.15) is 0 Å². The Bertz CT molecular complexity index is 438. The van der Waals surface area contributed by atoms with Crippen LogP contribution in [-0.2, 0) is 11.2 Å². The summed E-state index contributed by atoms with van der Waals surface area (Å²) in [6, 6.07) is 2.08. The number of morpholine rings is 1. The van der Waals surface area contributed by atoms with Crippen LogP contribution in [0.4, 0.5) is 11.6 Å². The van der Waals surface area contributed by atoms with Crippen LogP contribution in [0.3, 0.4) is 0 Å². The highest BCUT2D eigenvalue weighted by Crippen LogP contribution is 2.20. The lowest BCUT2D eigenvalue weighted by Gasteiger charge is -2.33. The van der Waals surface area contributed by atoms with E-state index in [-0.39, 0.29) is 0 Å². The van der Waals surface area contributed by atoms with E-state index in [1.807, 2.05) is 0 Å². The van der Waals surface area contributed by atoms with Gasteiger partial charge in [0, 0.05) is 32.1 Å². The molecule has 0 aromatic carbocycles. The summed E-state index contributed by atoms with van der Waals surface area (Å²) in [6.07, 6.45) is 4.45. The Balaban J connectivity index is 2.17. The lowest BCUT2D eigenvalue weighted by molar-refractivity contribution is 0.0381. The molecule has 2 rings (SSSR count). The van der Waals surface area contributed by atoms with Crippen molar-refractivity contribution >= 4 is 11.6 Å². The largest absolute Gasteiger partial charge is 0.375 e. The molecule has 1 fully saturated rings. The third kappa shape index (κ3) is 4.56. The average molecular weight is 292 g/mol. The fourth-order valence-corrected chi connectivity index (χ4v) is 2.50. The molecule has 118 valence electrons. The summed E-state index contributed by atoms with van der Waals surface area (Å²) < 4.78 is 5.75. The highest BCUT2D eigenvalue weighted by atomic mass is 16.5. The molecule has 1 aliphatic rings. The summed E-state index contributed by atoms with van der Waals surface area (Å²) in [5, 5.41) is 3.39. The molecule has 0 spiro atoms. The first-order valence-corrected chi connectivity index (χ1v) is 8.25. The minimum Gasteiger partial charge on any atom is -0.375 e. The molecule has 0 radical (unpaired) electrons. The predicted octanol–water partition coefficient (Wildman–Crippen LogP) is 2.87. The Morgan fingerprint density at radius 3 is 2.86 bits per heavy atom. The lowest BCUT2D eigenvalue weighted by atomic mass is 10.2. The Labute approximate surface area is 128 Å². The zero-order valence-corrected chi connectivity index (χ0v) is 13.6. The van der Waals surface area contributed by atoms with E-state index in [9.17, 15) is 0 Å². The maximum Gasteiger partial charge on any atom is 0.134 e. The fraction of sp³-hybridized carbons (Fsp3) is 0.750. The number of aryl methyl sites for hydroxylation is 1. The van der Waals surface area contributed by atoms with Gasteiger partial charge in [-0.25, -0.2) is 9.97 Å². The van der Waals surface area contributed by atoms with Gasteiger partial charge >= 0.3 is 0 Å². The van der Waals surface area contributed by atoms with Crippen LogP contribution < -0.4 is 10.2 Å². The molecule has 21 heavy (non-hydrogen) atoms. The topological polar surface area (TPSA) is 50.3 Å². The van der Waals surface area contributed by atoms with Gasteiger partial charge in [0.2, 0.25) is 0 Å². The van der Waals surface area contributed by atoms with Gasteiger partial charge in [-0.15, -0.1) is 0 Å². The van der Waals surface area contributed by atoms with Crippen molar-refractivity contribution in [1.82, 2.24) is 9.97 Å². The van der Waals surface area contributed by atoms with Crippen LogP contribution in [0.25, 0.3) is 0 Å². The van der Waals surface area contributed by atoms with Crippen LogP contribution in [0.15, 0.2) is 6.07 Å². The number of anilines is 2. The van der Waals surface area contributed by atoms with Crippen molar-refractivity contribution in [2.75, 3.05) is 36.5 Å². The molecule has 0 aliphatic carbocycles.